The van der Waals surface area contributed by atoms with Crippen molar-refractivity contribution in [3.8, 4) is 5.75 Å². The van der Waals surface area contributed by atoms with Crippen molar-refractivity contribution in [2.24, 2.45) is 0 Å². The van der Waals surface area contributed by atoms with E-state index in [1.54, 1.807) is 6.08 Å². The number of nitrogens with one attached hydrogen (secondary N) is 1. The zero-order valence-electron chi connectivity index (χ0n) is 16.4. The van der Waals surface area contributed by atoms with Gasteiger partial charge in [-0.25, -0.2) is 0 Å². The lowest BCUT2D eigenvalue weighted by Crippen LogP contribution is -2.46. The van der Waals surface area contributed by atoms with Crippen LogP contribution in [0.3, 0.4) is 0 Å². The Morgan fingerprint density at radius 3 is 2.52 bits per heavy atom. The fraction of sp³-hybridized carbons (Fsp3) is 0.348. The van der Waals surface area contributed by atoms with Gasteiger partial charge in [0.1, 0.15) is 5.75 Å². The van der Waals surface area contributed by atoms with E-state index >= 15 is 0 Å². The molecule has 0 saturated heterocycles. The molecule has 2 aromatic carbocycles. The lowest BCUT2D eigenvalue weighted by molar-refractivity contribution is -0.118. The molecule has 0 heterocycles. The predicted molar refractivity (Wildman–Crippen MR) is 110 cm³/mol. The summed E-state index contributed by atoms with van der Waals surface area (Å²) in [6.45, 7) is 7.57. The fourth-order valence-electron chi connectivity index (χ4n) is 2.54. The Bertz CT molecular complexity index is 738. The van der Waals surface area contributed by atoms with E-state index in [9.17, 15) is 4.79 Å². The average molecular weight is 367 g/mol. The van der Waals surface area contributed by atoms with Gasteiger partial charge in [0.15, 0.2) is 0 Å². The van der Waals surface area contributed by atoms with Crippen molar-refractivity contribution >= 4 is 12.0 Å². The minimum atomic E-state index is -0.464. The van der Waals surface area contributed by atoms with Crippen molar-refractivity contribution in [3.63, 3.8) is 0 Å². The van der Waals surface area contributed by atoms with Crippen LogP contribution < -0.4 is 10.1 Å². The van der Waals surface area contributed by atoms with Gasteiger partial charge < -0.3 is 14.8 Å². The minimum absolute atomic E-state index is 0.159. The van der Waals surface area contributed by atoms with Crippen molar-refractivity contribution in [1.82, 2.24) is 5.32 Å². The van der Waals surface area contributed by atoms with E-state index in [1.807, 2.05) is 68.4 Å². The molecule has 0 aliphatic heterocycles. The number of hydrogen-bond donors (Lipinski definition) is 1. The van der Waals surface area contributed by atoms with Crippen LogP contribution in [0.25, 0.3) is 6.08 Å². The van der Waals surface area contributed by atoms with Crippen LogP contribution in [0.4, 0.5) is 0 Å². The molecule has 0 aliphatic rings. The molecule has 0 spiro atoms. The molecule has 0 aromatic heterocycles. The van der Waals surface area contributed by atoms with Crippen LogP contribution in [0, 0.1) is 0 Å². The SMILES string of the molecule is CCCOc1ccccc1/C=C/C(=O)NC(C)(C)COCc1ccccc1. The van der Waals surface area contributed by atoms with Gasteiger partial charge in [0.05, 0.1) is 25.4 Å². The molecule has 0 aliphatic carbocycles. The number of ether oxygens (including phenoxy) is 2. The first-order valence-corrected chi connectivity index (χ1v) is 9.34. The van der Waals surface area contributed by atoms with Crippen molar-refractivity contribution in [2.75, 3.05) is 13.2 Å². The van der Waals surface area contributed by atoms with Gasteiger partial charge in [-0.15, -0.1) is 0 Å². The van der Waals surface area contributed by atoms with Crippen molar-refractivity contribution < 1.29 is 14.3 Å². The summed E-state index contributed by atoms with van der Waals surface area (Å²) in [5, 5.41) is 2.98. The number of rotatable bonds is 10. The van der Waals surface area contributed by atoms with Crippen molar-refractivity contribution in [1.29, 1.82) is 0 Å². The highest BCUT2D eigenvalue weighted by Crippen LogP contribution is 2.19. The summed E-state index contributed by atoms with van der Waals surface area (Å²) >= 11 is 0. The van der Waals surface area contributed by atoms with Crippen LogP contribution in [0.1, 0.15) is 38.3 Å². The summed E-state index contributed by atoms with van der Waals surface area (Å²) in [7, 11) is 0. The second-order valence-electron chi connectivity index (χ2n) is 7.07. The van der Waals surface area contributed by atoms with Gasteiger partial charge in [0, 0.05) is 11.6 Å². The zero-order valence-corrected chi connectivity index (χ0v) is 16.4. The third-order valence-corrected chi connectivity index (χ3v) is 3.83. The van der Waals surface area contributed by atoms with E-state index in [0.717, 1.165) is 23.3 Å². The van der Waals surface area contributed by atoms with Crippen LogP contribution in [-0.2, 0) is 16.1 Å². The first-order chi connectivity index (χ1) is 13.0. The normalized spacial score (nSPS) is 11.5. The molecular formula is C23H29NO3. The Kier molecular flexibility index (Phi) is 8.08. The first kappa shape index (κ1) is 20.7. The highest BCUT2D eigenvalue weighted by molar-refractivity contribution is 5.92. The van der Waals surface area contributed by atoms with Gasteiger partial charge >= 0.3 is 0 Å². The van der Waals surface area contributed by atoms with Gasteiger partial charge in [-0.05, 0) is 38.0 Å². The number of benzene rings is 2. The fourth-order valence-corrected chi connectivity index (χ4v) is 2.54. The molecular weight excluding hydrogens is 338 g/mol. The Morgan fingerprint density at radius 2 is 1.78 bits per heavy atom. The maximum atomic E-state index is 12.3. The third kappa shape index (κ3) is 7.67. The Hall–Kier alpha value is -2.59. The lowest BCUT2D eigenvalue weighted by atomic mass is 10.1. The maximum Gasteiger partial charge on any atom is 0.244 e. The van der Waals surface area contributed by atoms with Crippen LogP contribution >= 0.6 is 0 Å². The number of carbonyl (C=O) groups is 1. The average Bonchev–Trinajstić information content (AvgIpc) is 2.65. The van der Waals surface area contributed by atoms with Gasteiger partial charge in [0.25, 0.3) is 0 Å². The summed E-state index contributed by atoms with van der Waals surface area (Å²) in [6, 6.07) is 17.7. The van der Waals surface area contributed by atoms with E-state index < -0.39 is 5.54 Å². The van der Waals surface area contributed by atoms with Gasteiger partial charge in [-0.1, -0.05) is 55.5 Å². The molecule has 0 atom stereocenters. The molecule has 4 nitrogen and oxygen atoms in total. The smallest absolute Gasteiger partial charge is 0.244 e. The van der Waals surface area contributed by atoms with Crippen molar-refractivity contribution in [3.05, 3.63) is 71.8 Å². The standard InChI is InChI=1S/C23H29NO3/c1-4-16-27-21-13-9-8-12-20(21)14-15-22(25)24-23(2,3)18-26-17-19-10-6-5-7-11-19/h5-15H,4,16-18H2,1-3H3,(H,24,25)/b15-14+. The van der Waals surface area contributed by atoms with Crippen LogP contribution in [0.5, 0.6) is 5.75 Å². The van der Waals surface area contributed by atoms with E-state index in [4.69, 9.17) is 9.47 Å². The molecule has 0 saturated carbocycles. The van der Waals surface area contributed by atoms with E-state index in [0.29, 0.717) is 19.8 Å². The second-order valence-corrected chi connectivity index (χ2v) is 7.07. The highest BCUT2D eigenvalue weighted by Gasteiger charge is 2.19. The Labute approximate surface area is 162 Å². The quantitative estimate of drug-likeness (QED) is 0.624. The number of para-hydroxylation sites is 1. The van der Waals surface area contributed by atoms with E-state index in [-0.39, 0.29) is 5.91 Å². The molecule has 4 heteroatoms. The molecule has 27 heavy (non-hydrogen) atoms. The molecule has 2 rings (SSSR count). The molecule has 1 amide bonds. The molecule has 2 aromatic rings. The monoisotopic (exact) mass is 367 g/mol. The molecule has 0 radical (unpaired) electrons. The molecule has 0 fully saturated rings. The Morgan fingerprint density at radius 1 is 1.07 bits per heavy atom. The van der Waals surface area contributed by atoms with E-state index in [1.165, 1.54) is 6.08 Å². The summed E-state index contributed by atoms with van der Waals surface area (Å²) in [6.07, 6.45) is 4.25. The molecule has 0 bridgehead atoms. The summed E-state index contributed by atoms with van der Waals surface area (Å²) in [4.78, 5) is 12.3. The van der Waals surface area contributed by atoms with Crippen LogP contribution in [0.15, 0.2) is 60.7 Å². The lowest BCUT2D eigenvalue weighted by Gasteiger charge is -2.25. The second kappa shape index (κ2) is 10.5. The van der Waals surface area contributed by atoms with E-state index in [2.05, 4.69) is 12.2 Å². The predicted octanol–water partition coefficient (Wildman–Crippen LogP) is 4.60. The maximum absolute atomic E-state index is 12.3. The molecule has 144 valence electrons. The van der Waals surface area contributed by atoms with Gasteiger partial charge in [0.2, 0.25) is 5.91 Å². The summed E-state index contributed by atoms with van der Waals surface area (Å²) in [5.74, 6) is 0.627. The third-order valence-electron chi connectivity index (χ3n) is 3.83. The van der Waals surface area contributed by atoms with Crippen LogP contribution in [-0.4, -0.2) is 24.7 Å². The van der Waals surface area contributed by atoms with Gasteiger partial charge in [-0.3, -0.25) is 4.79 Å². The summed E-state index contributed by atoms with van der Waals surface area (Å²) in [5.41, 5.74) is 1.54. The first-order valence-electron chi connectivity index (χ1n) is 9.34. The number of amides is 1. The number of hydrogen-bond acceptors (Lipinski definition) is 3. The Balaban J connectivity index is 1.85. The minimum Gasteiger partial charge on any atom is -0.493 e. The topological polar surface area (TPSA) is 47.6 Å². The van der Waals surface area contributed by atoms with Crippen LogP contribution in [0.2, 0.25) is 0 Å². The number of carbonyl (C=O) groups excluding carboxylic acids is 1. The van der Waals surface area contributed by atoms with Crippen molar-refractivity contribution in [2.45, 2.75) is 39.3 Å². The molecule has 0 unspecified atom stereocenters. The summed E-state index contributed by atoms with van der Waals surface area (Å²) < 4.78 is 11.5. The highest BCUT2D eigenvalue weighted by atomic mass is 16.5. The molecule has 1 N–H and O–H groups in total. The zero-order chi connectivity index (χ0) is 19.5. The van der Waals surface area contributed by atoms with Gasteiger partial charge in [-0.2, -0.15) is 0 Å². The largest absolute Gasteiger partial charge is 0.493 e.